The Balaban J connectivity index is 1.60. The normalized spacial score (nSPS) is 16.5. The van der Waals surface area contributed by atoms with Gasteiger partial charge >= 0.3 is 0 Å². The van der Waals surface area contributed by atoms with Crippen molar-refractivity contribution in [1.29, 1.82) is 0 Å². The highest BCUT2D eigenvalue weighted by Crippen LogP contribution is 2.34. The zero-order valence-corrected chi connectivity index (χ0v) is 21.5. The number of aromatic nitrogens is 2. The lowest BCUT2D eigenvalue weighted by Crippen LogP contribution is -2.39. The van der Waals surface area contributed by atoms with Crippen molar-refractivity contribution in [3.05, 3.63) is 66.2 Å². The molecular formula is C29H39N3O4. The summed E-state index contributed by atoms with van der Waals surface area (Å²) in [4.78, 5) is 2.26. The minimum Gasteiger partial charge on any atom is -0.439 e. The van der Waals surface area contributed by atoms with E-state index in [-0.39, 0.29) is 6.10 Å². The first kappa shape index (κ1) is 26.4. The lowest BCUT2D eigenvalue weighted by Gasteiger charge is -2.27. The highest BCUT2D eigenvalue weighted by molar-refractivity contribution is 5.65. The van der Waals surface area contributed by atoms with Crippen LogP contribution in [0.2, 0.25) is 0 Å². The second-order valence-corrected chi connectivity index (χ2v) is 9.45. The average molecular weight is 494 g/mol. The van der Waals surface area contributed by atoms with Crippen LogP contribution >= 0.6 is 0 Å². The van der Waals surface area contributed by atoms with E-state index < -0.39 is 6.10 Å². The van der Waals surface area contributed by atoms with Crippen molar-refractivity contribution in [3.8, 4) is 22.9 Å². The maximum atomic E-state index is 10.8. The molecule has 0 saturated carbocycles. The van der Waals surface area contributed by atoms with Gasteiger partial charge in [-0.1, -0.05) is 61.9 Å². The molecule has 2 aromatic carbocycles. The molecule has 0 amide bonds. The van der Waals surface area contributed by atoms with E-state index in [1.54, 1.807) is 4.68 Å². The second-order valence-electron chi connectivity index (χ2n) is 9.45. The monoisotopic (exact) mass is 493 g/mol. The first-order valence-electron chi connectivity index (χ1n) is 13.1. The van der Waals surface area contributed by atoms with E-state index >= 15 is 0 Å². The van der Waals surface area contributed by atoms with Gasteiger partial charge in [-0.2, -0.15) is 5.10 Å². The highest BCUT2D eigenvalue weighted by atomic mass is 16.5. The largest absolute Gasteiger partial charge is 0.439 e. The van der Waals surface area contributed by atoms with Crippen molar-refractivity contribution in [2.24, 2.45) is 7.05 Å². The highest BCUT2D eigenvalue weighted by Gasteiger charge is 2.26. The van der Waals surface area contributed by atoms with Gasteiger partial charge in [-0.25, -0.2) is 4.68 Å². The minimum atomic E-state index is -0.585. The van der Waals surface area contributed by atoms with Crippen LogP contribution in [0.15, 0.2) is 60.7 Å². The zero-order valence-electron chi connectivity index (χ0n) is 21.5. The third kappa shape index (κ3) is 7.40. The fourth-order valence-corrected chi connectivity index (χ4v) is 4.57. The van der Waals surface area contributed by atoms with Crippen LogP contribution in [0.1, 0.15) is 38.2 Å². The molecule has 4 rings (SSSR count). The van der Waals surface area contributed by atoms with Gasteiger partial charge in [0.25, 0.3) is 0 Å². The molecule has 1 N–H and O–H groups in total. The lowest BCUT2D eigenvalue weighted by atomic mass is 10.1. The Kier molecular flexibility index (Phi) is 9.93. The van der Waals surface area contributed by atoms with Gasteiger partial charge in [0, 0.05) is 45.5 Å². The number of para-hydroxylation sites is 1. The van der Waals surface area contributed by atoms with Gasteiger partial charge in [-0.3, -0.25) is 4.90 Å². The molecule has 2 atom stereocenters. The SMILES string of the molecule is CCCCOC[C@@H](O)CN(Cc1c(-c2ccccc2)nn(C)c1Oc1ccccc1)C[C@H]1CCCO1. The van der Waals surface area contributed by atoms with Crippen LogP contribution < -0.4 is 4.74 Å². The number of unbranched alkanes of at least 4 members (excludes halogenated alkanes) is 1. The van der Waals surface area contributed by atoms with Crippen LogP contribution in [-0.2, 0) is 23.1 Å². The Morgan fingerprint density at radius 2 is 1.89 bits per heavy atom. The Bertz CT molecular complexity index is 1040. The molecule has 0 unspecified atom stereocenters. The van der Waals surface area contributed by atoms with Crippen molar-refractivity contribution in [2.45, 2.75) is 51.4 Å². The quantitative estimate of drug-likeness (QED) is 0.318. The van der Waals surface area contributed by atoms with Gasteiger partial charge in [0.05, 0.1) is 24.4 Å². The van der Waals surface area contributed by atoms with Crippen molar-refractivity contribution < 1.29 is 19.3 Å². The molecule has 0 aliphatic carbocycles. The van der Waals surface area contributed by atoms with E-state index in [9.17, 15) is 5.11 Å². The molecule has 1 aromatic heterocycles. The molecule has 2 heterocycles. The molecule has 7 nitrogen and oxygen atoms in total. The number of nitrogens with zero attached hydrogens (tertiary/aromatic N) is 3. The average Bonchev–Trinajstić information content (AvgIpc) is 3.51. The van der Waals surface area contributed by atoms with Crippen LogP contribution in [0.3, 0.4) is 0 Å². The number of hydrogen-bond acceptors (Lipinski definition) is 6. The number of hydrogen-bond donors (Lipinski definition) is 1. The molecule has 0 radical (unpaired) electrons. The summed E-state index contributed by atoms with van der Waals surface area (Å²) in [6.45, 7) is 5.73. The predicted molar refractivity (Wildman–Crippen MR) is 141 cm³/mol. The predicted octanol–water partition coefficient (Wildman–Crippen LogP) is 5.04. The van der Waals surface area contributed by atoms with Gasteiger partial charge in [0.1, 0.15) is 11.4 Å². The van der Waals surface area contributed by atoms with Crippen LogP contribution in [0.5, 0.6) is 11.6 Å². The van der Waals surface area contributed by atoms with Gasteiger partial charge in [-0.15, -0.1) is 0 Å². The van der Waals surface area contributed by atoms with Gasteiger partial charge in [0.15, 0.2) is 0 Å². The van der Waals surface area contributed by atoms with E-state index in [1.165, 1.54) is 0 Å². The Morgan fingerprint density at radius 1 is 1.14 bits per heavy atom. The van der Waals surface area contributed by atoms with Gasteiger partial charge < -0.3 is 19.3 Å². The molecule has 1 aliphatic rings. The molecule has 0 bridgehead atoms. The minimum absolute atomic E-state index is 0.161. The number of aryl methyl sites for hydroxylation is 1. The van der Waals surface area contributed by atoms with E-state index in [0.29, 0.717) is 32.2 Å². The standard InChI is InChI=1S/C29H39N3O4/c1-3-4-17-34-22-24(33)19-32(20-26-16-11-18-35-26)21-27-28(23-12-7-5-8-13-23)30-31(2)29(27)36-25-14-9-6-10-15-25/h5-10,12-15,24,26,33H,3-4,11,16-22H2,1-2H3/t24-,26+/m0/s1. The number of aliphatic hydroxyl groups excluding tert-OH is 1. The fourth-order valence-electron chi connectivity index (χ4n) is 4.57. The Hall–Kier alpha value is -2.71. The van der Waals surface area contributed by atoms with E-state index in [4.69, 9.17) is 19.3 Å². The zero-order chi connectivity index (χ0) is 25.2. The first-order chi connectivity index (χ1) is 17.6. The summed E-state index contributed by atoms with van der Waals surface area (Å²) in [5, 5.41) is 15.7. The van der Waals surface area contributed by atoms with Crippen LogP contribution in [0.25, 0.3) is 11.3 Å². The number of benzene rings is 2. The van der Waals surface area contributed by atoms with Gasteiger partial charge in [-0.05, 0) is 31.4 Å². The summed E-state index contributed by atoms with van der Waals surface area (Å²) >= 11 is 0. The second kappa shape index (κ2) is 13.6. The van der Waals surface area contributed by atoms with Crippen molar-refractivity contribution in [2.75, 3.05) is 32.9 Å². The van der Waals surface area contributed by atoms with E-state index in [1.807, 2.05) is 55.6 Å². The summed E-state index contributed by atoms with van der Waals surface area (Å²) < 4.78 is 19.8. The third-order valence-electron chi connectivity index (χ3n) is 6.38. The number of ether oxygens (including phenoxy) is 3. The fraction of sp³-hybridized carbons (Fsp3) is 0.483. The molecule has 1 saturated heterocycles. The molecule has 7 heteroatoms. The van der Waals surface area contributed by atoms with Crippen molar-refractivity contribution in [3.63, 3.8) is 0 Å². The molecule has 1 fully saturated rings. The maximum Gasteiger partial charge on any atom is 0.222 e. The Labute approximate surface area is 214 Å². The summed E-state index contributed by atoms with van der Waals surface area (Å²) in [6.07, 6.45) is 3.77. The van der Waals surface area contributed by atoms with E-state index in [2.05, 4.69) is 24.0 Å². The van der Waals surface area contributed by atoms with Gasteiger partial charge in [0.2, 0.25) is 5.88 Å². The summed E-state index contributed by atoms with van der Waals surface area (Å²) in [7, 11) is 1.91. The maximum absolute atomic E-state index is 10.8. The number of aliphatic hydroxyl groups is 1. The first-order valence-corrected chi connectivity index (χ1v) is 13.1. The smallest absolute Gasteiger partial charge is 0.222 e. The summed E-state index contributed by atoms with van der Waals surface area (Å²) in [6, 6.07) is 20.0. The third-order valence-corrected chi connectivity index (χ3v) is 6.38. The van der Waals surface area contributed by atoms with E-state index in [0.717, 1.165) is 61.4 Å². The molecule has 36 heavy (non-hydrogen) atoms. The summed E-state index contributed by atoms with van der Waals surface area (Å²) in [5.41, 5.74) is 2.91. The van der Waals surface area contributed by atoms with Crippen LogP contribution in [-0.4, -0.2) is 64.9 Å². The van der Waals surface area contributed by atoms with Crippen molar-refractivity contribution in [1.82, 2.24) is 14.7 Å². The topological polar surface area (TPSA) is 69.0 Å². The van der Waals surface area contributed by atoms with Crippen LogP contribution in [0.4, 0.5) is 0 Å². The Morgan fingerprint density at radius 3 is 2.58 bits per heavy atom. The molecule has 0 spiro atoms. The molecule has 1 aliphatic heterocycles. The molecule has 194 valence electrons. The van der Waals surface area contributed by atoms with Crippen molar-refractivity contribution >= 4 is 0 Å². The summed E-state index contributed by atoms with van der Waals surface area (Å²) in [5.74, 6) is 1.46. The van der Waals surface area contributed by atoms with Crippen LogP contribution in [0, 0.1) is 0 Å². The molecule has 3 aromatic rings. The molecular weight excluding hydrogens is 454 g/mol. The lowest BCUT2D eigenvalue weighted by molar-refractivity contribution is 0.00144. The number of rotatable bonds is 14.